The topological polar surface area (TPSA) is 72.2 Å². The van der Waals surface area contributed by atoms with Crippen LogP contribution in [-0.2, 0) is 16.1 Å². The Balaban J connectivity index is 2.14. The molecule has 0 aliphatic carbocycles. The summed E-state index contributed by atoms with van der Waals surface area (Å²) in [7, 11) is 0. The van der Waals surface area contributed by atoms with Crippen LogP contribution in [-0.4, -0.2) is 11.8 Å². The highest BCUT2D eigenvalue weighted by atomic mass is 16.2. The second kappa shape index (κ2) is 4.65. The van der Waals surface area contributed by atoms with E-state index in [1.54, 1.807) is 0 Å². The first kappa shape index (κ1) is 11.1. The van der Waals surface area contributed by atoms with E-state index in [-0.39, 0.29) is 0 Å². The van der Waals surface area contributed by atoms with Crippen LogP contribution in [0.2, 0.25) is 0 Å². The zero-order valence-electron chi connectivity index (χ0n) is 9.14. The van der Waals surface area contributed by atoms with Crippen molar-refractivity contribution in [1.82, 2.24) is 5.32 Å². The summed E-state index contributed by atoms with van der Waals surface area (Å²) in [5.41, 5.74) is 5.77. The number of fused-ring (bicyclic) bond motifs is 1. The zero-order chi connectivity index (χ0) is 12.3. The number of rotatable bonds is 2. The van der Waals surface area contributed by atoms with Crippen LogP contribution in [0.5, 0.6) is 0 Å². The Hall–Kier alpha value is -2.36. The van der Waals surface area contributed by atoms with Crippen LogP contribution in [0.15, 0.2) is 42.5 Å². The molecule has 0 aliphatic rings. The Morgan fingerprint density at radius 2 is 1.76 bits per heavy atom. The summed E-state index contributed by atoms with van der Waals surface area (Å²) >= 11 is 0. The molecule has 86 valence electrons. The molecule has 0 spiro atoms. The van der Waals surface area contributed by atoms with Gasteiger partial charge in [0.05, 0.1) is 0 Å². The third-order valence-corrected chi connectivity index (χ3v) is 2.49. The van der Waals surface area contributed by atoms with Crippen LogP contribution in [0.1, 0.15) is 5.56 Å². The molecular weight excluding hydrogens is 216 g/mol. The molecule has 2 amide bonds. The van der Waals surface area contributed by atoms with E-state index < -0.39 is 11.8 Å². The second-order valence-electron chi connectivity index (χ2n) is 3.73. The Labute approximate surface area is 98.4 Å². The van der Waals surface area contributed by atoms with E-state index in [4.69, 9.17) is 5.73 Å². The highest BCUT2D eigenvalue weighted by molar-refractivity contribution is 6.34. The van der Waals surface area contributed by atoms with Crippen LogP contribution >= 0.6 is 0 Å². The second-order valence-corrected chi connectivity index (χ2v) is 3.73. The number of primary amides is 1. The van der Waals surface area contributed by atoms with Crippen molar-refractivity contribution < 1.29 is 9.59 Å². The monoisotopic (exact) mass is 228 g/mol. The number of carbonyl (C=O) groups excluding carboxylic acids is 2. The average molecular weight is 228 g/mol. The normalized spacial score (nSPS) is 10.1. The lowest BCUT2D eigenvalue weighted by Gasteiger charge is -2.04. The lowest BCUT2D eigenvalue weighted by Crippen LogP contribution is -2.35. The largest absolute Gasteiger partial charge is 0.361 e. The standard InChI is InChI=1S/C13H12N2O2/c14-12(16)13(17)15-8-9-5-6-10-3-1-2-4-11(10)7-9/h1-7H,8H2,(H2,14,16)(H,15,17). The molecule has 0 radical (unpaired) electrons. The molecule has 2 rings (SSSR count). The highest BCUT2D eigenvalue weighted by Gasteiger charge is 2.07. The fourth-order valence-electron chi connectivity index (χ4n) is 1.62. The number of hydrogen-bond donors (Lipinski definition) is 2. The van der Waals surface area contributed by atoms with Crippen molar-refractivity contribution in [3.63, 3.8) is 0 Å². The number of amides is 2. The molecule has 0 atom stereocenters. The third kappa shape index (κ3) is 2.60. The van der Waals surface area contributed by atoms with Gasteiger partial charge in [-0.3, -0.25) is 9.59 Å². The van der Waals surface area contributed by atoms with Crippen LogP contribution in [0.4, 0.5) is 0 Å². The summed E-state index contributed by atoms with van der Waals surface area (Å²) in [5.74, 6) is -1.73. The van der Waals surface area contributed by atoms with Crippen LogP contribution in [0.25, 0.3) is 10.8 Å². The van der Waals surface area contributed by atoms with Crippen LogP contribution < -0.4 is 11.1 Å². The molecular formula is C13H12N2O2. The van der Waals surface area contributed by atoms with Crippen LogP contribution in [0.3, 0.4) is 0 Å². The number of benzene rings is 2. The first-order valence-corrected chi connectivity index (χ1v) is 5.22. The maximum atomic E-state index is 11.0. The molecule has 4 heteroatoms. The van der Waals surface area contributed by atoms with E-state index in [1.165, 1.54) is 0 Å². The predicted molar refractivity (Wildman–Crippen MR) is 65.0 cm³/mol. The summed E-state index contributed by atoms with van der Waals surface area (Å²) in [6.07, 6.45) is 0. The maximum Gasteiger partial charge on any atom is 0.309 e. The van der Waals surface area contributed by atoms with E-state index in [2.05, 4.69) is 5.32 Å². The number of carbonyl (C=O) groups is 2. The number of hydrogen-bond acceptors (Lipinski definition) is 2. The Bertz CT molecular complexity index is 578. The average Bonchev–Trinajstić information content (AvgIpc) is 2.35. The Kier molecular flexibility index (Phi) is 3.05. The SMILES string of the molecule is NC(=O)C(=O)NCc1ccc2ccccc2c1. The first-order chi connectivity index (χ1) is 8.16. The molecule has 0 unspecified atom stereocenters. The van der Waals surface area contributed by atoms with Crippen molar-refractivity contribution in [1.29, 1.82) is 0 Å². The van der Waals surface area contributed by atoms with Gasteiger partial charge in [-0.15, -0.1) is 0 Å². The van der Waals surface area contributed by atoms with Gasteiger partial charge in [0, 0.05) is 6.54 Å². The third-order valence-electron chi connectivity index (χ3n) is 2.49. The van der Waals surface area contributed by atoms with Crippen molar-refractivity contribution in [2.24, 2.45) is 5.73 Å². The van der Waals surface area contributed by atoms with Gasteiger partial charge in [-0.1, -0.05) is 36.4 Å². The van der Waals surface area contributed by atoms with Gasteiger partial charge in [-0.05, 0) is 22.4 Å². The molecule has 0 aliphatic heterocycles. The molecule has 2 aromatic carbocycles. The van der Waals surface area contributed by atoms with Gasteiger partial charge in [0.1, 0.15) is 0 Å². The Morgan fingerprint density at radius 3 is 2.47 bits per heavy atom. The van der Waals surface area contributed by atoms with Crippen LogP contribution in [0, 0.1) is 0 Å². The molecule has 0 aromatic heterocycles. The van der Waals surface area contributed by atoms with Crippen molar-refractivity contribution in [2.75, 3.05) is 0 Å². The van der Waals surface area contributed by atoms with Gasteiger partial charge in [0.2, 0.25) is 0 Å². The molecule has 4 nitrogen and oxygen atoms in total. The predicted octanol–water partition coefficient (Wildman–Crippen LogP) is 0.941. The van der Waals surface area contributed by atoms with E-state index in [1.807, 2.05) is 42.5 Å². The summed E-state index contributed by atoms with van der Waals surface area (Å²) in [6, 6.07) is 13.8. The van der Waals surface area contributed by atoms with E-state index in [0.717, 1.165) is 16.3 Å². The fourth-order valence-corrected chi connectivity index (χ4v) is 1.62. The lowest BCUT2D eigenvalue weighted by molar-refractivity contribution is -0.137. The summed E-state index contributed by atoms with van der Waals surface area (Å²) in [4.78, 5) is 21.5. The van der Waals surface area contributed by atoms with Gasteiger partial charge < -0.3 is 11.1 Å². The van der Waals surface area contributed by atoms with Crippen molar-refractivity contribution in [3.05, 3.63) is 48.0 Å². The molecule has 0 fully saturated rings. The highest BCUT2D eigenvalue weighted by Crippen LogP contribution is 2.15. The Morgan fingerprint density at radius 1 is 1.06 bits per heavy atom. The minimum Gasteiger partial charge on any atom is -0.361 e. The molecule has 0 saturated carbocycles. The number of nitrogens with one attached hydrogen (secondary N) is 1. The molecule has 0 saturated heterocycles. The number of nitrogens with two attached hydrogens (primary N) is 1. The van der Waals surface area contributed by atoms with E-state index >= 15 is 0 Å². The molecule has 17 heavy (non-hydrogen) atoms. The fraction of sp³-hybridized carbons (Fsp3) is 0.0769. The first-order valence-electron chi connectivity index (χ1n) is 5.22. The molecule has 2 aromatic rings. The summed E-state index contributed by atoms with van der Waals surface area (Å²) in [5, 5.41) is 4.68. The lowest BCUT2D eigenvalue weighted by atomic mass is 10.1. The van der Waals surface area contributed by atoms with Crippen molar-refractivity contribution in [2.45, 2.75) is 6.54 Å². The van der Waals surface area contributed by atoms with Gasteiger partial charge in [0.25, 0.3) is 0 Å². The van der Waals surface area contributed by atoms with Gasteiger partial charge in [-0.2, -0.15) is 0 Å². The van der Waals surface area contributed by atoms with Gasteiger partial charge >= 0.3 is 11.8 Å². The quantitative estimate of drug-likeness (QED) is 0.751. The minimum atomic E-state index is -0.967. The smallest absolute Gasteiger partial charge is 0.309 e. The maximum absolute atomic E-state index is 11.0. The van der Waals surface area contributed by atoms with Gasteiger partial charge in [-0.25, -0.2) is 0 Å². The zero-order valence-corrected chi connectivity index (χ0v) is 9.14. The minimum absolute atomic E-state index is 0.298. The van der Waals surface area contributed by atoms with Gasteiger partial charge in [0.15, 0.2) is 0 Å². The summed E-state index contributed by atoms with van der Waals surface area (Å²) in [6.45, 7) is 0.298. The van der Waals surface area contributed by atoms with Crippen molar-refractivity contribution >= 4 is 22.6 Å². The molecule has 3 N–H and O–H groups in total. The summed E-state index contributed by atoms with van der Waals surface area (Å²) < 4.78 is 0. The van der Waals surface area contributed by atoms with E-state index in [9.17, 15) is 9.59 Å². The molecule has 0 bridgehead atoms. The van der Waals surface area contributed by atoms with Crippen molar-refractivity contribution in [3.8, 4) is 0 Å². The van der Waals surface area contributed by atoms with E-state index in [0.29, 0.717) is 6.54 Å². The molecule has 0 heterocycles.